The van der Waals surface area contributed by atoms with E-state index in [4.69, 9.17) is 5.11 Å². The zero-order chi connectivity index (χ0) is 16.3. The number of aliphatic carboxylic acids is 1. The van der Waals surface area contributed by atoms with Gasteiger partial charge in [-0.15, -0.1) is 11.8 Å². The van der Waals surface area contributed by atoms with Crippen LogP contribution < -0.4 is 0 Å². The summed E-state index contributed by atoms with van der Waals surface area (Å²) in [4.78, 5) is 25.2. The Balaban J connectivity index is 1.93. The van der Waals surface area contributed by atoms with Crippen LogP contribution in [0.1, 0.15) is 19.8 Å². The van der Waals surface area contributed by atoms with Crippen molar-refractivity contribution in [2.24, 2.45) is 5.92 Å². The lowest BCUT2D eigenvalue weighted by Gasteiger charge is -2.24. The predicted molar refractivity (Wildman–Crippen MR) is 78.6 cm³/mol. The largest absolute Gasteiger partial charge is 0.481 e. The van der Waals surface area contributed by atoms with Crippen molar-refractivity contribution < 1.29 is 23.5 Å². The van der Waals surface area contributed by atoms with Crippen molar-refractivity contribution in [3.8, 4) is 0 Å². The summed E-state index contributed by atoms with van der Waals surface area (Å²) < 4.78 is 26.0. The minimum Gasteiger partial charge on any atom is -0.481 e. The van der Waals surface area contributed by atoms with E-state index in [0.717, 1.165) is 36.7 Å². The van der Waals surface area contributed by atoms with E-state index < -0.39 is 23.5 Å². The third-order valence-corrected chi connectivity index (χ3v) is 4.43. The molecule has 0 aromatic heterocycles. The first-order valence-electron chi connectivity index (χ1n) is 6.98. The van der Waals surface area contributed by atoms with E-state index in [2.05, 4.69) is 0 Å². The van der Waals surface area contributed by atoms with Gasteiger partial charge in [-0.05, 0) is 31.0 Å². The summed E-state index contributed by atoms with van der Waals surface area (Å²) in [5.41, 5.74) is 0. The molecule has 1 aliphatic rings. The molecule has 7 heteroatoms. The average molecular weight is 329 g/mol. The molecule has 1 fully saturated rings. The van der Waals surface area contributed by atoms with Gasteiger partial charge in [-0.25, -0.2) is 8.78 Å². The summed E-state index contributed by atoms with van der Waals surface area (Å²) in [6.07, 6.45) is 1.77. The van der Waals surface area contributed by atoms with Crippen molar-refractivity contribution in [1.29, 1.82) is 0 Å². The second-order valence-electron chi connectivity index (χ2n) is 5.38. The molecule has 1 unspecified atom stereocenters. The fraction of sp³-hybridized carbons (Fsp3) is 0.467. The maximum atomic E-state index is 13.1. The number of nitrogens with zero attached hydrogens (tertiary/aromatic N) is 1. The molecule has 0 radical (unpaired) electrons. The number of rotatable bonds is 7. The van der Waals surface area contributed by atoms with Gasteiger partial charge in [0.1, 0.15) is 0 Å². The minimum atomic E-state index is -0.948. The summed E-state index contributed by atoms with van der Waals surface area (Å²) in [7, 11) is 0. The Bertz CT molecular complexity index is 578. The van der Waals surface area contributed by atoms with Gasteiger partial charge in [0.15, 0.2) is 11.6 Å². The normalized spacial score (nSPS) is 15.4. The molecule has 1 saturated carbocycles. The highest BCUT2D eigenvalue weighted by Crippen LogP contribution is 2.29. The van der Waals surface area contributed by atoms with Gasteiger partial charge in [0.25, 0.3) is 0 Å². The number of benzene rings is 1. The van der Waals surface area contributed by atoms with Gasteiger partial charge < -0.3 is 10.0 Å². The number of carboxylic acid groups (broad SMARTS) is 1. The number of carbonyl (C=O) groups is 2. The highest BCUT2D eigenvalue weighted by molar-refractivity contribution is 8.00. The predicted octanol–water partition coefficient (Wildman–Crippen LogP) is 2.77. The molecule has 22 heavy (non-hydrogen) atoms. The molecule has 2 rings (SSSR count). The Kier molecular flexibility index (Phi) is 5.39. The van der Waals surface area contributed by atoms with Crippen LogP contribution in [0.25, 0.3) is 0 Å². The monoisotopic (exact) mass is 329 g/mol. The minimum absolute atomic E-state index is 0.0773. The summed E-state index contributed by atoms with van der Waals surface area (Å²) in [5, 5.41) is 8.96. The first kappa shape index (κ1) is 16.7. The van der Waals surface area contributed by atoms with E-state index in [-0.39, 0.29) is 24.2 Å². The van der Waals surface area contributed by atoms with Crippen LogP contribution in [0.4, 0.5) is 8.78 Å². The van der Waals surface area contributed by atoms with Gasteiger partial charge in [0.2, 0.25) is 5.91 Å². The van der Waals surface area contributed by atoms with Crippen LogP contribution in [0.3, 0.4) is 0 Å². The summed E-state index contributed by atoms with van der Waals surface area (Å²) in [6.45, 7) is 1.74. The van der Waals surface area contributed by atoms with Gasteiger partial charge in [-0.1, -0.05) is 6.92 Å². The first-order chi connectivity index (χ1) is 10.4. The van der Waals surface area contributed by atoms with Crippen LogP contribution in [0.5, 0.6) is 0 Å². The third kappa shape index (κ3) is 4.43. The van der Waals surface area contributed by atoms with E-state index in [0.29, 0.717) is 4.90 Å². The number of thioether (sulfide) groups is 1. The lowest BCUT2D eigenvalue weighted by Crippen LogP contribution is -2.39. The van der Waals surface area contributed by atoms with E-state index in [9.17, 15) is 18.4 Å². The van der Waals surface area contributed by atoms with Crippen molar-refractivity contribution in [3.63, 3.8) is 0 Å². The Morgan fingerprint density at radius 2 is 2.05 bits per heavy atom. The molecule has 0 aliphatic heterocycles. The molecule has 1 aromatic carbocycles. The lowest BCUT2D eigenvalue weighted by molar-refractivity contribution is -0.142. The van der Waals surface area contributed by atoms with E-state index in [1.165, 1.54) is 6.07 Å². The molecule has 1 aromatic rings. The molecular weight excluding hydrogens is 312 g/mol. The number of hydrogen-bond acceptors (Lipinski definition) is 3. The van der Waals surface area contributed by atoms with Gasteiger partial charge in [0, 0.05) is 17.5 Å². The van der Waals surface area contributed by atoms with Gasteiger partial charge in [-0.3, -0.25) is 9.59 Å². The zero-order valence-corrected chi connectivity index (χ0v) is 12.9. The van der Waals surface area contributed by atoms with Gasteiger partial charge >= 0.3 is 5.97 Å². The lowest BCUT2D eigenvalue weighted by atomic mass is 10.1. The molecule has 1 N–H and O–H groups in total. The van der Waals surface area contributed by atoms with Gasteiger partial charge in [-0.2, -0.15) is 0 Å². The molecule has 0 bridgehead atoms. The Hall–Kier alpha value is -1.63. The highest BCUT2D eigenvalue weighted by atomic mass is 32.2. The average Bonchev–Trinajstić information content (AvgIpc) is 3.29. The number of halogens is 2. The second kappa shape index (κ2) is 7.09. The Morgan fingerprint density at radius 3 is 2.59 bits per heavy atom. The molecule has 0 saturated heterocycles. The number of carbonyl (C=O) groups excluding carboxylic acids is 1. The fourth-order valence-corrected chi connectivity index (χ4v) is 2.82. The maximum Gasteiger partial charge on any atom is 0.308 e. The van der Waals surface area contributed by atoms with Crippen LogP contribution in [-0.2, 0) is 9.59 Å². The van der Waals surface area contributed by atoms with Crippen LogP contribution in [0, 0.1) is 17.6 Å². The van der Waals surface area contributed by atoms with Gasteiger partial charge in [0.05, 0.1) is 11.7 Å². The maximum absolute atomic E-state index is 13.1. The van der Waals surface area contributed by atoms with E-state index >= 15 is 0 Å². The molecule has 1 aliphatic carbocycles. The number of amides is 1. The summed E-state index contributed by atoms with van der Waals surface area (Å²) >= 11 is 1.12. The zero-order valence-electron chi connectivity index (χ0n) is 12.1. The third-order valence-electron chi connectivity index (χ3n) is 3.45. The van der Waals surface area contributed by atoms with Crippen molar-refractivity contribution in [2.75, 3.05) is 12.3 Å². The van der Waals surface area contributed by atoms with E-state index in [1.54, 1.807) is 11.8 Å². The van der Waals surface area contributed by atoms with Crippen molar-refractivity contribution in [1.82, 2.24) is 4.90 Å². The highest BCUT2D eigenvalue weighted by Gasteiger charge is 2.34. The number of carboxylic acids is 1. The Labute approximate surface area is 131 Å². The quantitative estimate of drug-likeness (QED) is 0.782. The number of hydrogen-bond donors (Lipinski definition) is 1. The van der Waals surface area contributed by atoms with Crippen LogP contribution in [-0.4, -0.2) is 40.2 Å². The van der Waals surface area contributed by atoms with Crippen molar-refractivity contribution in [2.45, 2.75) is 30.7 Å². The smallest absolute Gasteiger partial charge is 0.308 e. The topological polar surface area (TPSA) is 57.6 Å². The van der Waals surface area contributed by atoms with Crippen LogP contribution >= 0.6 is 11.8 Å². The molecule has 120 valence electrons. The first-order valence-corrected chi connectivity index (χ1v) is 7.97. The molecule has 4 nitrogen and oxygen atoms in total. The van der Waals surface area contributed by atoms with Crippen molar-refractivity contribution in [3.05, 3.63) is 29.8 Å². The Morgan fingerprint density at radius 1 is 1.36 bits per heavy atom. The summed E-state index contributed by atoms with van der Waals surface area (Å²) in [6, 6.07) is 3.60. The summed E-state index contributed by atoms with van der Waals surface area (Å²) in [5.74, 6) is -3.54. The molecule has 1 atom stereocenters. The van der Waals surface area contributed by atoms with Crippen LogP contribution in [0.15, 0.2) is 23.1 Å². The fourth-order valence-electron chi connectivity index (χ4n) is 2.01. The molecule has 0 spiro atoms. The molecular formula is C15H17F2NO3S. The second-order valence-corrected chi connectivity index (χ2v) is 6.43. The molecule has 0 heterocycles. The van der Waals surface area contributed by atoms with Crippen molar-refractivity contribution >= 4 is 23.6 Å². The van der Waals surface area contributed by atoms with E-state index in [1.807, 2.05) is 0 Å². The van der Waals surface area contributed by atoms with Crippen LogP contribution in [0.2, 0.25) is 0 Å². The standard InChI is InChI=1S/C15H17F2NO3S/c1-9(15(20)21)7-18(10-2-3-10)14(19)8-22-11-4-5-12(16)13(17)6-11/h4-6,9-10H,2-3,7-8H2,1H3,(H,20,21). The SMILES string of the molecule is CC(CN(C(=O)CSc1ccc(F)c(F)c1)C1CC1)C(=O)O. The molecule has 1 amide bonds.